The zero-order valence-corrected chi connectivity index (χ0v) is 13.7. The fourth-order valence-electron chi connectivity index (χ4n) is 2.10. The molecule has 0 amide bonds. The standard InChI is InChI=1S/C19H20O5/c1-3-22-16-11-7-8-12-17(16)23-13-18(20)24-14(2)19(21)15-9-5-4-6-10-15/h4-12,14H,3,13H2,1-2H3/t14-/m1/s1. The van der Waals surface area contributed by atoms with Crippen LogP contribution in [-0.4, -0.2) is 31.1 Å². The molecule has 0 heterocycles. The van der Waals surface area contributed by atoms with E-state index in [4.69, 9.17) is 14.2 Å². The molecule has 1 atom stereocenters. The van der Waals surface area contributed by atoms with Gasteiger partial charge in [0.05, 0.1) is 6.61 Å². The van der Waals surface area contributed by atoms with E-state index in [0.717, 1.165) is 0 Å². The number of hydrogen-bond donors (Lipinski definition) is 0. The largest absolute Gasteiger partial charge is 0.490 e. The maximum absolute atomic E-state index is 12.2. The van der Waals surface area contributed by atoms with Gasteiger partial charge >= 0.3 is 5.97 Å². The molecule has 0 saturated heterocycles. The molecule has 0 bridgehead atoms. The lowest BCUT2D eigenvalue weighted by atomic mass is 10.1. The van der Waals surface area contributed by atoms with Crippen LogP contribution in [0.2, 0.25) is 0 Å². The first-order chi connectivity index (χ1) is 11.6. The molecule has 2 aromatic rings. The SMILES string of the molecule is CCOc1ccccc1OCC(=O)O[C@H](C)C(=O)c1ccccc1. The molecule has 2 rings (SSSR count). The van der Waals surface area contributed by atoms with Gasteiger partial charge in [-0.25, -0.2) is 4.79 Å². The van der Waals surface area contributed by atoms with Crippen LogP contribution < -0.4 is 9.47 Å². The number of Topliss-reactive ketones (excluding diaryl/α,β-unsaturated/α-hetero) is 1. The number of rotatable bonds is 8. The van der Waals surface area contributed by atoms with Crippen LogP contribution in [-0.2, 0) is 9.53 Å². The summed E-state index contributed by atoms with van der Waals surface area (Å²) in [5, 5.41) is 0. The Morgan fingerprint density at radius 1 is 0.917 bits per heavy atom. The molecule has 0 radical (unpaired) electrons. The molecule has 126 valence electrons. The van der Waals surface area contributed by atoms with Crippen molar-refractivity contribution in [1.82, 2.24) is 0 Å². The Balaban J connectivity index is 1.88. The van der Waals surface area contributed by atoms with Crippen molar-refractivity contribution in [1.29, 1.82) is 0 Å². The number of ketones is 1. The Hall–Kier alpha value is -2.82. The Kier molecular flexibility index (Phi) is 6.37. The second-order valence-electron chi connectivity index (χ2n) is 5.03. The van der Waals surface area contributed by atoms with Crippen molar-refractivity contribution < 1.29 is 23.8 Å². The lowest BCUT2D eigenvalue weighted by Gasteiger charge is -2.14. The number of carbonyl (C=O) groups excluding carboxylic acids is 2. The fraction of sp³-hybridized carbons (Fsp3) is 0.263. The van der Waals surface area contributed by atoms with Crippen molar-refractivity contribution >= 4 is 11.8 Å². The Labute approximate surface area is 141 Å². The summed E-state index contributed by atoms with van der Waals surface area (Å²) in [6.07, 6.45) is -0.870. The first-order valence-electron chi connectivity index (χ1n) is 7.75. The van der Waals surface area contributed by atoms with E-state index in [2.05, 4.69) is 0 Å². The van der Waals surface area contributed by atoms with Gasteiger partial charge in [0.25, 0.3) is 0 Å². The number of para-hydroxylation sites is 2. The van der Waals surface area contributed by atoms with Crippen LogP contribution in [0.25, 0.3) is 0 Å². The third kappa shape index (κ3) is 4.84. The lowest BCUT2D eigenvalue weighted by Crippen LogP contribution is -2.27. The van der Waals surface area contributed by atoms with Crippen LogP contribution in [0.5, 0.6) is 11.5 Å². The van der Waals surface area contributed by atoms with Crippen molar-refractivity contribution in [3.8, 4) is 11.5 Å². The number of esters is 1. The highest BCUT2D eigenvalue weighted by Gasteiger charge is 2.19. The van der Waals surface area contributed by atoms with Crippen molar-refractivity contribution in [3.63, 3.8) is 0 Å². The van der Waals surface area contributed by atoms with Gasteiger partial charge in [-0.2, -0.15) is 0 Å². The van der Waals surface area contributed by atoms with E-state index in [1.807, 2.05) is 19.1 Å². The van der Waals surface area contributed by atoms with E-state index >= 15 is 0 Å². The summed E-state index contributed by atoms with van der Waals surface area (Å²) in [5.41, 5.74) is 0.500. The summed E-state index contributed by atoms with van der Waals surface area (Å²) in [5.74, 6) is 0.149. The molecule has 5 nitrogen and oxygen atoms in total. The highest BCUT2D eigenvalue weighted by Crippen LogP contribution is 2.26. The Morgan fingerprint density at radius 3 is 2.12 bits per heavy atom. The highest BCUT2D eigenvalue weighted by molar-refractivity contribution is 6.00. The maximum atomic E-state index is 12.2. The summed E-state index contributed by atoms with van der Waals surface area (Å²) < 4.78 is 16.0. The minimum absolute atomic E-state index is 0.251. The molecule has 0 aliphatic carbocycles. The van der Waals surface area contributed by atoms with E-state index in [1.54, 1.807) is 49.4 Å². The third-order valence-corrected chi connectivity index (χ3v) is 3.23. The average Bonchev–Trinajstić information content (AvgIpc) is 2.61. The first kappa shape index (κ1) is 17.5. The number of ether oxygens (including phenoxy) is 3. The zero-order chi connectivity index (χ0) is 17.4. The molecular formula is C19H20O5. The number of carbonyl (C=O) groups is 2. The van der Waals surface area contributed by atoms with E-state index in [0.29, 0.717) is 23.7 Å². The van der Waals surface area contributed by atoms with Gasteiger partial charge < -0.3 is 14.2 Å². The van der Waals surface area contributed by atoms with Crippen molar-refractivity contribution in [2.45, 2.75) is 20.0 Å². The third-order valence-electron chi connectivity index (χ3n) is 3.23. The van der Waals surface area contributed by atoms with Gasteiger partial charge in [-0.3, -0.25) is 4.79 Å². The molecule has 0 aromatic heterocycles. The van der Waals surface area contributed by atoms with Crippen LogP contribution in [0.3, 0.4) is 0 Å². The van der Waals surface area contributed by atoms with Gasteiger partial charge in [0.15, 0.2) is 24.2 Å². The summed E-state index contributed by atoms with van der Waals surface area (Å²) in [6.45, 7) is 3.60. The molecule has 0 fully saturated rings. The van der Waals surface area contributed by atoms with Crippen molar-refractivity contribution in [2.24, 2.45) is 0 Å². The molecule has 2 aromatic carbocycles. The topological polar surface area (TPSA) is 61.8 Å². The van der Waals surface area contributed by atoms with Crippen molar-refractivity contribution in [2.75, 3.05) is 13.2 Å². The summed E-state index contributed by atoms with van der Waals surface area (Å²) in [7, 11) is 0. The molecule has 0 spiro atoms. The first-order valence-corrected chi connectivity index (χ1v) is 7.75. The predicted octanol–water partition coefficient (Wildman–Crippen LogP) is 3.28. The molecule has 0 N–H and O–H groups in total. The zero-order valence-electron chi connectivity index (χ0n) is 13.7. The van der Waals surface area contributed by atoms with Gasteiger partial charge in [0.1, 0.15) is 0 Å². The number of benzene rings is 2. The van der Waals surface area contributed by atoms with Crippen molar-refractivity contribution in [3.05, 3.63) is 60.2 Å². The van der Waals surface area contributed by atoms with E-state index in [1.165, 1.54) is 0 Å². The van der Waals surface area contributed by atoms with Gasteiger partial charge in [-0.15, -0.1) is 0 Å². The maximum Gasteiger partial charge on any atom is 0.344 e. The second kappa shape index (κ2) is 8.72. The molecule has 0 saturated carbocycles. The number of hydrogen-bond acceptors (Lipinski definition) is 5. The second-order valence-corrected chi connectivity index (χ2v) is 5.03. The molecule has 0 unspecified atom stereocenters. The van der Waals surface area contributed by atoms with Crippen LogP contribution in [0, 0.1) is 0 Å². The summed E-state index contributed by atoms with van der Waals surface area (Å²) >= 11 is 0. The average molecular weight is 328 g/mol. The van der Waals surface area contributed by atoms with Gasteiger partial charge in [-0.1, -0.05) is 42.5 Å². The summed E-state index contributed by atoms with van der Waals surface area (Å²) in [4.78, 5) is 24.0. The molecular weight excluding hydrogens is 308 g/mol. The minimum atomic E-state index is -0.870. The van der Waals surface area contributed by atoms with Crippen LogP contribution in [0.1, 0.15) is 24.2 Å². The normalized spacial score (nSPS) is 11.4. The molecule has 0 aliphatic heterocycles. The van der Waals surface area contributed by atoms with E-state index in [9.17, 15) is 9.59 Å². The van der Waals surface area contributed by atoms with Gasteiger partial charge in [0.2, 0.25) is 5.78 Å². The smallest absolute Gasteiger partial charge is 0.344 e. The van der Waals surface area contributed by atoms with Crippen LogP contribution >= 0.6 is 0 Å². The fourth-order valence-corrected chi connectivity index (χ4v) is 2.10. The quantitative estimate of drug-likeness (QED) is 0.550. The van der Waals surface area contributed by atoms with Crippen LogP contribution in [0.4, 0.5) is 0 Å². The summed E-state index contributed by atoms with van der Waals surface area (Å²) in [6, 6.07) is 15.8. The van der Waals surface area contributed by atoms with E-state index in [-0.39, 0.29) is 12.4 Å². The minimum Gasteiger partial charge on any atom is -0.490 e. The predicted molar refractivity (Wildman–Crippen MR) is 89.4 cm³/mol. The highest BCUT2D eigenvalue weighted by atomic mass is 16.6. The molecule has 5 heteroatoms. The van der Waals surface area contributed by atoms with Gasteiger partial charge in [0, 0.05) is 5.56 Å². The van der Waals surface area contributed by atoms with Gasteiger partial charge in [-0.05, 0) is 26.0 Å². The Morgan fingerprint density at radius 2 is 1.50 bits per heavy atom. The monoisotopic (exact) mass is 328 g/mol. The molecule has 24 heavy (non-hydrogen) atoms. The van der Waals surface area contributed by atoms with Crippen LogP contribution in [0.15, 0.2) is 54.6 Å². The molecule has 0 aliphatic rings. The lowest BCUT2D eigenvalue weighted by molar-refractivity contribution is -0.148. The Bertz CT molecular complexity index is 681. The van der Waals surface area contributed by atoms with E-state index < -0.39 is 12.1 Å².